The highest BCUT2D eigenvalue weighted by atomic mass is 16.2. The maximum atomic E-state index is 12.7. The lowest BCUT2D eigenvalue weighted by Gasteiger charge is -2.28. The predicted molar refractivity (Wildman–Crippen MR) is 107 cm³/mol. The number of carbonyl (C=O) groups is 1. The Balaban J connectivity index is 1.54. The number of anilines is 1. The van der Waals surface area contributed by atoms with Gasteiger partial charge in [0.25, 0.3) is 0 Å². The smallest absolute Gasteiger partial charge is 0.319 e. The third-order valence-electron chi connectivity index (χ3n) is 5.05. The molecule has 140 valence electrons. The zero-order valence-corrected chi connectivity index (χ0v) is 16.0. The molecular formula is C21H25N5O. The van der Waals surface area contributed by atoms with Gasteiger partial charge in [0.05, 0.1) is 23.5 Å². The molecule has 0 saturated carbocycles. The van der Waals surface area contributed by atoms with Gasteiger partial charge in [-0.1, -0.05) is 12.1 Å². The van der Waals surface area contributed by atoms with Gasteiger partial charge < -0.3 is 10.6 Å². The molecule has 0 fully saturated rings. The number of nitrogens with one attached hydrogen (secondary N) is 2. The van der Waals surface area contributed by atoms with Crippen LogP contribution in [0.4, 0.5) is 10.5 Å². The van der Waals surface area contributed by atoms with Crippen LogP contribution in [-0.4, -0.2) is 20.8 Å². The van der Waals surface area contributed by atoms with Crippen molar-refractivity contribution >= 4 is 22.5 Å². The molecule has 0 radical (unpaired) electrons. The average Bonchev–Trinajstić information content (AvgIpc) is 3.07. The predicted octanol–water partition coefficient (Wildman–Crippen LogP) is 4.39. The molecule has 0 bridgehead atoms. The number of fused-ring (bicyclic) bond motifs is 2. The van der Waals surface area contributed by atoms with Crippen LogP contribution in [0.25, 0.3) is 10.8 Å². The Labute approximate surface area is 159 Å². The van der Waals surface area contributed by atoms with E-state index in [1.807, 2.05) is 30.5 Å². The summed E-state index contributed by atoms with van der Waals surface area (Å²) in [7, 11) is 0. The van der Waals surface area contributed by atoms with Gasteiger partial charge in [-0.05, 0) is 52.2 Å². The highest BCUT2D eigenvalue weighted by Gasteiger charge is 2.29. The fourth-order valence-electron chi connectivity index (χ4n) is 3.83. The Morgan fingerprint density at radius 1 is 1.22 bits per heavy atom. The first kappa shape index (κ1) is 17.5. The van der Waals surface area contributed by atoms with E-state index in [4.69, 9.17) is 0 Å². The largest absolute Gasteiger partial charge is 0.331 e. The van der Waals surface area contributed by atoms with Crippen LogP contribution in [0.2, 0.25) is 0 Å². The molecular weight excluding hydrogens is 338 g/mol. The molecule has 3 aromatic rings. The second kappa shape index (κ2) is 6.68. The quantitative estimate of drug-likeness (QED) is 0.709. The van der Waals surface area contributed by atoms with Crippen LogP contribution in [0, 0.1) is 0 Å². The number of pyridine rings is 1. The number of rotatable bonds is 2. The van der Waals surface area contributed by atoms with Crippen LogP contribution in [0.3, 0.4) is 0 Å². The van der Waals surface area contributed by atoms with Gasteiger partial charge in [-0.15, -0.1) is 0 Å². The van der Waals surface area contributed by atoms with Gasteiger partial charge >= 0.3 is 6.03 Å². The van der Waals surface area contributed by atoms with Crippen LogP contribution in [0.5, 0.6) is 0 Å². The third-order valence-corrected chi connectivity index (χ3v) is 5.05. The molecule has 6 nitrogen and oxygen atoms in total. The van der Waals surface area contributed by atoms with E-state index in [9.17, 15) is 4.79 Å². The first-order valence-corrected chi connectivity index (χ1v) is 9.41. The third kappa shape index (κ3) is 3.39. The molecule has 4 rings (SSSR count). The molecule has 2 N–H and O–H groups in total. The molecule has 0 saturated heterocycles. The van der Waals surface area contributed by atoms with E-state index in [-0.39, 0.29) is 17.6 Å². The van der Waals surface area contributed by atoms with Gasteiger partial charge in [0, 0.05) is 34.4 Å². The zero-order valence-electron chi connectivity index (χ0n) is 16.0. The van der Waals surface area contributed by atoms with Crippen molar-refractivity contribution in [3.63, 3.8) is 0 Å². The van der Waals surface area contributed by atoms with E-state index in [1.165, 1.54) is 5.69 Å². The minimum absolute atomic E-state index is 0.0125. The highest BCUT2D eigenvalue weighted by molar-refractivity contribution is 6.01. The van der Waals surface area contributed by atoms with E-state index < -0.39 is 0 Å². The van der Waals surface area contributed by atoms with Crippen molar-refractivity contribution in [3.05, 3.63) is 54.1 Å². The summed E-state index contributed by atoms with van der Waals surface area (Å²) in [5, 5.41) is 12.7. The SMILES string of the molecule is CC(C)(C)n1ncc2c1CCC[C@@H]2NC(=O)Nc1cccc2cnccc12. The summed E-state index contributed by atoms with van der Waals surface area (Å²) in [4.78, 5) is 16.8. The van der Waals surface area contributed by atoms with E-state index in [0.717, 1.165) is 41.3 Å². The number of urea groups is 1. The molecule has 27 heavy (non-hydrogen) atoms. The van der Waals surface area contributed by atoms with E-state index in [1.54, 1.807) is 12.4 Å². The monoisotopic (exact) mass is 363 g/mol. The summed E-state index contributed by atoms with van der Waals surface area (Å²) in [5.74, 6) is 0. The van der Waals surface area contributed by atoms with Crippen LogP contribution in [-0.2, 0) is 12.0 Å². The Kier molecular flexibility index (Phi) is 4.34. The molecule has 0 aliphatic heterocycles. The minimum Gasteiger partial charge on any atom is -0.331 e. The topological polar surface area (TPSA) is 71.8 Å². The Morgan fingerprint density at radius 2 is 2.07 bits per heavy atom. The molecule has 1 atom stereocenters. The molecule has 0 unspecified atom stereocenters. The van der Waals surface area contributed by atoms with Gasteiger partial charge in [0.2, 0.25) is 0 Å². The number of amides is 2. The lowest BCUT2D eigenvalue weighted by atomic mass is 9.92. The molecule has 1 aromatic carbocycles. The van der Waals surface area contributed by atoms with Crippen molar-refractivity contribution in [2.75, 3.05) is 5.32 Å². The maximum absolute atomic E-state index is 12.7. The first-order valence-electron chi connectivity index (χ1n) is 9.41. The van der Waals surface area contributed by atoms with Gasteiger partial charge in [-0.2, -0.15) is 5.10 Å². The number of carbonyl (C=O) groups excluding carboxylic acids is 1. The second-order valence-electron chi connectivity index (χ2n) is 8.07. The van der Waals surface area contributed by atoms with Crippen LogP contribution in [0.1, 0.15) is 50.9 Å². The van der Waals surface area contributed by atoms with Crippen molar-refractivity contribution in [3.8, 4) is 0 Å². The molecule has 0 spiro atoms. The zero-order chi connectivity index (χ0) is 19.0. The second-order valence-corrected chi connectivity index (χ2v) is 8.07. The van der Waals surface area contributed by atoms with Crippen LogP contribution >= 0.6 is 0 Å². The van der Waals surface area contributed by atoms with Gasteiger partial charge in [-0.3, -0.25) is 9.67 Å². The summed E-state index contributed by atoms with van der Waals surface area (Å²) in [6, 6.07) is 7.52. The fourth-order valence-corrected chi connectivity index (χ4v) is 3.83. The summed E-state index contributed by atoms with van der Waals surface area (Å²) in [6.07, 6.45) is 8.42. The molecule has 6 heteroatoms. The van der Waals surface area contributed by atoms with Gasteiger partial charge in [-0.25, -0.2) is 4.79 Å². The first-order chi connectivity index (χ1) is 12.9. The lowest BCUT2D eigenvalue weighted by Crippen LogP contribution is -2.35. The normalized spacial score (nSPS) is 16.8. The number of nitrogens with zero attached hydrogens (tertiary/aromatic N) is 3. The standard InChI is InChI=1S/C21H25N5O/c1-21(2,3)26-19-9-5-8-18(16(19)13-23-26)25-20(27)24-17-7-4-6-14-12-22-11-10-15(14)17/h4,6-7,10-13,18H,5,8-9H2,1-3H3,(H2,24,25,27)/t18-/m0/s1. The van der Waals surface area contributed by atoms with Crippen molar-refractivity contribution in [2.45, 2.75) is 51.6 Å². The van der Waals surface area contributed by atoms with Crippen molar-refractivity contribution in [1.29, 1.82) is 0 Å². The fraction of sp³-hybridized carbons (Fsp3) is 0.381. The van der Waals surface area contributed by atoms with Crippen LogP contribution < -0.4 is 10.6 Å². The summed E-state index contributed by atoms with van der Waals surface area (Å²) < 4.78 is 2.09. The van der Waals surface area contributed by atoms with E-state index in [0.29, 0.717) is 0 Å². The number of hydrogen-bond acceptors (Lipinski definition) is 3. The Hall–Kier alpha value is -2.89. The molecule has 1 aliphatic rings. The van der Waals surface area contributed by atoms with Crippen molar-refractivity contribution in [2.24, 2.45) is 0 Å². The molecule has 2 heterocycles. The van der Waals surface area contributed by atoms with E-state index >= 15 is 0 Å². The number of aromatic nitrogens is 3. The summed E-state index contributed by atoms with van der Waals surface area (Å²) >= 11 is 0. The summed E-state index contributed by atoms with van der Waals surface area (Å²) in [6.45, 7) is 6.46. The molecule has 2 amide bonds. The lowest BCUT2D eigenvalue weighted by molar-refractivity contribution is 0.247. The van der Waals surface area contributed by atoms with E-state index in [2.05, 4.69) is 46.2 Å². The number of hydrogen-bond donors (Lipinski definition) is 2. The molecule has 1 aliphatic carbocycles. The van der Waals surface area contributed by atoms with Gasteiger partial charge in [0.1, 0.15) is 0 Å². The molecule has 2 aromatic heterocycles. The summed E-state index contributed by atoms with van der Waals surface area (Å²) in [5.41, 5.74) is 3.09. The van der Waals surface area contributed by atoms with Gasteiger partial charge in [0.15, 0.2) is 0 Å². The minimum atomic E-state index is -0.194. The highest BCUT2D eigenvalue weighted by Crippen LogP contribution is 2.32. The maximum Gasteiger partial charge on any atom is 0.319 e. The number of benzene rings is 1. The van der Waals surface area contributed by atoms with Crippen molar-refractivity contribution < 1.29 is 4.79 Å². The Morgan fingerprint density at radius 3 is 2.89 bits per heavy atom. The Bertz CT molecular complexity index is 980. The van der Waals surface area contributed by atoms with Crippen LogP contribution in [0.15, 0.2) is 42.9 Å². The van der Waals surface area contributed by atoms with Crippen molar-refractivity contribution in [1.82, 2.24) is 20.1 Å². The average molecular weight is 363 g/mol.